The maximum atomic E-state index is 12.5. The van der Waals surface area contributed by atoms with Crippen LogP contribution in [0.4, 0.5) is 13.2 Å². The minimum Gasteiger partial charge on any atom is -0.481 e. The topological polar surface area (TPSA) is 174 Å². The van der Waals surface area contributed by atoms with Crippen LogP contribution in [-0.4, -0.2) is 98.4 Å². The Morgan fingerprint density at radius 3 is 2.40 bits per heavy atom. The lowest BCUT2D eigenvalue weighted by atomic mass is 9.54. The molecule has 1 aromatic rings. The Labute approximate surface area is 228 Å². The van der Waals surface area contributed by atoms with E-state index in [0.29, 0.717) is 24.3 Å². The highest BCUT2D eigenvalue weighted by molar-refractivity contribution is 5.84. The molecule has 1 spiro atoms. The minimum absolute atomic E-state index is 0. The molecule has 1 fully saturated rings. The number of hydrogen-bond acceptors (Lipinski definition) is 10. The van der Waals surface area contributed by atoms with E-state index in [4.69, 9.17) is 19.4 Å². The van der Waals surface area contributed by atoms with E-state index in [1.54, 1.807) is 6.07 Å². The second-order valence-corrected chi connectivity index (χ2v) is 9.82. The molecule has 6 atom stereocenters. The molecule has 2 heterocycles. The van der Waals surface area contributed by atoms with Crippen LogP contribution in [0, 0.1) is 6.92 Å². The number of carbonyl (C=O) groups excluding carboxylic acids is 2. The molecule has 0 bridgehead atoms. The number of halogens is 3. The maximum absolute atomic E-state index is 12.5. The SMILES string of the molecule is C.Cc1ccc(CO)c2c1[C@]13CCN(C)[C@H](C)[C@]1(O)CC=C(OC(=O)[C@H](O)[C@@H](O)C(=O)O)[C@@H]3O2.O=CC(F)(F)F. The lowest BCUT2D eigenvalue weighted by Crippen LogP contribution is -2.71. The summed E-state index contributed by atoms with van der Waals surface area (Å²) in [6.07, 6.45) is -9.21. The summed E-state index contributed by atoms with van der Waals surface area (Å²) in [6, 6.07) is 3.31. The van der Waals surface area contributed by atoms with Crippen LogP contribution < -0.4 is 4.74 Å². The molecule has 0 aromatic heterocycles. The summed E-state index contributed by atoms with van der Waals surface area (Å²) in [5, 5.41) is 50.4. The van der Waals surface area contributed by atoms with Crippen LogP contribution in [0.15, 0.2) is 24.0 Å². The highest BCUT2D eigenvalue weighted by Gasteiger charge is 2.69. The van der Waals surface area contributed by atoms with Gasteiger partial charge in [0.25, 0.3) is 0 Å². The summed E-state index contributed by atoms with van der Waals surface area (Å²) in [5.41, 5.74) is -0.183. The van der Waals surface area contributed by atoms with E-state index < -0.39 is 53.7 Å². The molecule has 1 aliphatic carbocycles. The number of rotatable bonds is 5. The van der Waals surface area contributed by atoms with E-state index in [-0.39, 0.29) is 32.3 Å². The van der Waals surface area contributed by atoms with Crippen LogP contribution in [0.1, 0.15) is 43.9 Å². The van der Waals surface area contributed by atoms with Gasteiger partial charge in [-0.3, -0.25) is 4.79 Å². The Hall–Kier alpha value is -3.04. The number of fused-ring (bicyclic) bond motifs is 1. The summed E-state index contributed by atoms with van der Waals surface area (Å²) < 4.78 is 42.9. The number of carboxylic acids is 1. The first-order chi connectivity index (χ1) is 18.1. The second kappa shape index (κ2) is 11.8. The van der Waals surface area contributed by atoms with Crippen molar-refractivity contribution in [2.75, 3.05) is 13.6 Å². The molecule has 1 saturated heterocycles. The number of hydrogen-bond donors (Lipinski definition) is 5. The van der Waals surface area contributed by atoms with Crippen LogP contribution in [0.25, 0.3) is 0 Å². The fourth-order valence-corrected chi connectivity index (χ4v) is 5.64. The van der Waals surface area contributed by atoms with Crippen molar-refractivity contribution in [3.8, 4) is 5.75 Å². The minimum atomic E-state index is -4.64. The summed E-state index contributed by atoms with van der Waals surface area (Å²) >= 11 is 0. The highest BCUT2D eigenvalue weighted by Crippen LogP contribution is 2.61. The predicted molar refractivity (Wildman–Crippen MR) is 132 cm³/mol. The average Bonchev–Trinajstić information content (AvgIpc) is 3.25. The number of likely N-dealkylation sites (tertiary alicyclic amines) is 1. The normalized spacial score (nSPS) is 28.5. The first-order valence-corrected chi connectivity index (χ1v) is 11.9. The fraction of sp³-hybridized carbons (Fsp3) is 0.577. The van der Waals surface area contributed by atoms with Crippen molar-refractivity contribution in [1.82, 2.24) is 4.90 Å². The zero-order chi connectivity index (χ0) is 29.5. The molecule has 0 radical (unpaired) electrons. The zero-order valence-electron chi connectivity index (χ0n) is 21.3. The largest absolute Gasteiger partial charge is 0.481 e. The molecular weight excluding hydrogens is 543 g/mol. The van der Waals surface area contributed by atoms with Gasteiger partial charge in [-0.2, -0.15) is 13.2 Å². The van der Waals surface area contributed by atoms with E-state index in [1.165, 1.54) is 6.08 Å². The molecule has 2 aliphatic heterocycles. The van der Waals surface area contributed by atoms with Gasteiger partial charge >= 0.3 is 18.1 Å². The number of aliphatic hydroxyl groups excluding tert-OH is 3. The lowest BCUT2D eigenvalue weighted by molar-refractivity contribution is -0.174. The Kier molecular flexibility index (Phi) is 9.81. The van der Waals surface area contributed by atoms with Crippen LogP contribution in [0.2, 0.25) is 0 Å². The van der Waals surface area contributed by atoms with E-state index >= 15 is 0 Å². The van der Waals surface area contributed by atoms with Crippen molar-refractivity contribution in [1.29, 1.82) is 0 Å². The molecule has 0 amide bonds. The van der Waals surface area contributed by atoms with Crippen molar-refractivity contribution in [3.63, 3.8) is 0 Å². The van der Waals surface area contributed by atoms with Gasteiger partial charge in [-0.25, -0.2) is 9.59 Å². The molecule has 40 heavy (non-hydrogen) atoms. The van der Waals surface area contributed by atoms with E-state index in [0.717, 1.165) is 11.1 Å². The number of esters is 1. The Bertz CT molecular complexity index is 1170. The predicted octanol–water partition coefficient (Wildman–Crippen LogP) is 0.962. The average molecular weight is 578 g/mol. The molecule has 0 unspecified atom stereocenters. The number of aryl methyl sites for hydroxylation is 1. The molecule has 5 N–H and O–H groups in total. The van der Waals surface area contributed by atoms with Crippen LogP contribution in [0.5, 0.6) is 5.75 Å². The van der Waals surface area contributed by atoms with E-state index in [9.17, 15) is 43.2 Å². The fourth-order valence-electron chi connectivity index (χ4n) is 5.64. The molecule has 0 saturated carbocycles. The van der Waals surface area contributed by atoms with Gasteiger partial charge < -0.3 is 39.9 Å². The standard InChI is InChI=1S/C23H29NO9.C2HF3O.CH4/c1-11-4-5-13(10-25)18-15(11)22-8-9-24(3)12(2)23(22,31)7-6-14(19(22)33-18)32-21(30)17(27)16(26)20(28)29;3-2(4,5)1-6;/h4-6,12,16-17,19,25-27,31H,7-10H2,1-3H3,(H,28,29);1H;1H4/t12-,16-,17-,19+,22+,23-;;/m1../s1. The first kappa shape index (κ1) is 33.2. The maximum Gasteiger partial charge on any atom is 0.446 e. The monoisotopic (exact) mass is 577 g/mol. The highest BCUT2D eigenvalue weighted by atomic mass is 19.4. The van der Waals surface area contributed by atoms with E-state index in [1.807, 2.05) is 31.9 Å². The molecule has 14 heteroatoms. The number of aliphatic hydroxyl groups is 4. The van der Waals surface area contributed by atoms with Gasteiger partial charge in [0.1, 0.15) is 11.5 Å². The smallest absolute Gasteiger partial charge is 0.446 e. The lowest BCUT2D eigenvalue weighted by Gasteiger charge is -2.58. The first-order valence-electron chi connectivity index (χ1n) is 11.9. The molecule has 11 nitrogen and oxygen atoms in total. The number of carboxylic acid groups (broad SMARTS) is 1. The number of aldehydes is 1. The number of ether oxygens (including phenoxy) is 2. The quantitative estimate of drug-likeness (QED) is 0.249. The zero-order valence-corrected chi connectivity index (χ0v) is 21.3. The van der Waals surface area contributed by atoms with E-state index in [2.05, 4.69) is 0 Å². The number of aliphatic carboxylic acids is 1. The van der Waals surface area contributed by atoms with Gasteiger partial charge in [0.05, 0.1) is 17.6 Å². The summed E-state index contributed by atoms with van der Waals surface area (Å²) in [4.78, 5) is 34.2. The number of piperidine rings is 1. The van der Waals surface area contributed by atoms with Crippen molar-refractivity contribution in [2.24, 2.45) is 0 Å². The van der Waals surface area contributed by atoms with Crippen LogP contribution >= 0.6 is 0 Å². The van der Waals surface area contributed by atoms with Crippen molar-refractivity contribution >= 4 is 18.2 Å². The van der Waals surface area contributed by atoms with Gasteiger partial charge in [0, 0.05) is 23.6 Å². The summed E-state index contributed by atoms with van der Waals surface area (Å²) in [7, 11) is 1.92. The third kappa shape index (κ3) is 5.46. The summed E-state index contributed by atoms with van der Waals surface area (Å²) in [6.45, 7) is 4.13. The van der Waals surface area contributed by atoms with Crippen LogP contribution in [0.3, 0.4) is 0 Å². The summed E-state index contributed by atoms with van der Waals surface area (Å²) in [5.74, 6) is -2.65. The number of carbonyl (C=O) groups is 3. The van der Waals surface area contributed by atoms with Gasteiger partial charge in [-0.05, 0) is 45.5 Å². The molecule has 4 rings (SSSR count). The third-order valence-electron chi connectivity index (χ3n) is 7.75. The molecule has 3 aliphatic rings. The van der Waals surface area contributed by atoms with Crippen molar-refractivity contribution < 1.29 is 62.6 Å². The Morgan fingerprint density at radius 1 is 1.27 bits per heavy atom. The van der Waals surface area contributed by atoms with Gasteiger partial charge in [-0.15, -0.1) is 0 Å². The Balaban J connectivity index is 0.000000723. The molecular formula is C26H34F3NO10. The molecule has 224 valence electrons. The van der Waals surface area contributed by atoms with Gasteiger partial charge in [-0.1, -0.05) is 19.6 Å². The molecule has 1 aromatic carbocycles. The number of likely N-dealkylation sites (N-methyl/N-ethyl adjacent to an activating group) is 1. The number of alkyl halides is 3. The second-order valence-electron chi connectivity index (χ2n) is 9.82. The Morgan fingerprint density at radius 2 is 1.88 bits per heavy atom. The number of benzene rings is 1. The van der Waals surface area contributed by atoms with Crippen LogP contribution in [-0.2, 0) is 31.1 Å². The number of nitrogens with zero attached hydrogens (tertiary/aromatic N) is 1. The van der Waals surface area contributed by atoms with Gasteiger partial charge in [0.15, 0.2) is 18.3 Å². The third-order valence-corrected chi connectivity index (χ3v) is 7.75. The van der Waals surface area contributed by atoms with Crippen molar-refractivity contribution in [2.45, 2.75) is 82.3 Å². The van der Waals surface area contributed by atoms with Crippen molar-refractivity contribution in [3.05, 3.63) is 40.7 Å². The van der Waals surface area contributed by atoms with Gasteiger partial charge in [0.2, 0.25) is 6.29 Å².